The Morgan fingerprint density at radius 2 is 1.80 bits per heavy atom. The third-order valence-electron chi connectivity index (χ3n) is 3.02. The molecule has 0 atom stereocenters. The first-order chi connectivity index (χ1) is 9.67. The summed E-state index contributed by atoms with van der Waals surface area (Å²) in [4.78, 5) is 14.3. The topological polar surface area (TPSA) is 38.8 Å². The Hall–Kier alpha value is -0.940. The van der Waals surface area contributed by atoms with Crippen LogP contribution in [0, 0.1) is 0 Å². The predicted molar refractivity (Wildman–Crippen MR) is 80.6 cm³/mol. The number of methoxy groups -OCH3 is 2. The summed E-state index contributed by atoms with van der Waals surface area (Å²) in [5.41, 5.74) is 0.663. The highest BCUT2D eigenvalue weighted by Crippen LogP contribution is 2.12. The van der Waals surface area contributed by atoms with Crippen LogP contribution in [-0.4, -0.2) is 57.8 Å². The van der Waals surface area contributed by atoms with Crippen LogP contribution in [0.1, 0.15) is 16.8 Å². The van der Waals surface area contributed by atoms with E-state index in [9.17, 15) is 4.79 Å². The molecule has 0 radical (unpaired) electrons. The summed E-state index contributed by atoms with van der Waals surface area (Å²) in [6, 6.07) is 7.06. The Balaban J connectivity index is 2.46. The highest BCUT2D eigenvalue weighted by Gasteiger charge is 2.10. The molecule has 0 aliphatic carbocycles. The highest BCUT2D eigenvalue weighted by molar-refractivity contribution is 6.31. The number of carbonyl (C=O) groups excluding carboxylic acids is 1. The van der Waals surface area contributed by atoms with E-state index in [4.69, 9.17) is 21.1 Å². The summed E-state index contributed by atoms with van der Waals surface area (Å²) in [6.45, 7) is 3.58. The molecule has 112 valence electrons. The summed E-state index contributed by atoms with van der Waals surface area (Å²) in [6.07, 6.45) is 0.466. The van der Waals surface area contributed by atoms with Gasteiger partial charge in [0.25, 0.3) is 0 Å². The molecule has 0 N–H and O–H groups in total. The number of rotatable bonds is 10. The average Bonchev–Trinajstić information content (AvgIpc) is 2.46. The van der Waals surface area contributed by atoms with Gasteiger partial charge in [0.2, 0.25) is 0 Å². The molecule has 0 spiro atoms. The first-order valence-electron chi connectivity index (χ1n) is 6.66. The molecular weight excluding hydrogens is 278 g/mol. The Bertz CT molecular complexity index is 404. The molecular formula is C15H22ClNO3. The number of benzene rings is 1. The van der Waals surface area contributed by atoms with Crippen molar-refractivity contribution in [2.24, 2.45) is 0 Å². The smallest absolute Gasteiger partial charge is 0.164 e. The lowest BCUT2D eigenvalue weighted by molar-refractivity contribution is 0.0911. The van der Waals surface area contributed by atoms with Crippen LogP contribution in [0.5, 0.6) is 0 Å². The van der Waals surface area contributed by atoms with Crippen LogP contribution < -0.4 is 0 Å². The van der Waals surface area contributed by atoms with E-state index in [2.05, 4.69) is 4.90 Å². The van der Waals surface area contributed by atoms with Gasteiger partial charge in [0.15, 0.2) is 5.78 Å². The molecule has 0 heterocycles. The van der Waals surface area contributed by atoms with Crippen molar-refractivity contribution in [3.05, 3.63) is 34.9 Å². The zero-order valence-electron chi connectivity index (χ0n) is 12.1. The Kier molecular flexibility index (Phi) is 8.46. The van der Waals surface area contributed by atoms with E-state index in [1.54, 1.807) is 38.5 Å². The summed E-state index contributed by atoms with van der Waals surface area (Å²) >= 11 is 5.89. The standard InChI is InChI=1S/C15H22ClNO3/c1-19-10-8-17(9-11-20-2)7-6-15(18)13-4-3-5-14(16)12-13/h3-5,12H,6-11H2,1-2H3. The second kappa shape index (κ2) is 9.88. The molecule has 20 heavy (non-hydrogen) atoms. The molecule has 0 saturated carbocycles. The molecule has 0 aromatic heterocycles. The van der Waals surface area contributed by atoms with Gasteiger partial charge < -0.3 is 9.47 Å². The van der Waals surface area contributed by atoms with Crippen LogP contribution in [0.4, 0.5) is 0 Å². The second-order valence-electron chi connectivity index (χ2n) is 4.51. The van der Waals surface area contributed by atoms with E-state index < -0.39 is 0 Å². The molecule has 1 aromatic rings. The van der Waals surface area contributed by atoms with Crippen molar-refractivity contribution in [2.45, 2.75) is 6.42 Å². The number of Topliss-reactive ketones (excluding diaryl/α,β-unsaturated/α-hetero) is 1. The van der Waals surface area contributed by atoms with Gasteiger partial charge in [0.1, 0.15) is 0 Å². The largest absolute Gasteiger partial charge is 0.383 e. The molecule has 0 aliphatic rings. The molecule has 0 bridgehead atoms. The van der Waals surface area contributed by atoms with Crippen LogP contribution in [0.3, 0.4) is 0 Å². The lowest BCUT2D eigenvalue weighted by Crippen LogP contribution is -2.32. The summed E-state index contributed by atoms with van der Waals surface area (Å²) < 4.78 is 10.1. The molecule has 1 rings (SSSR count). The molecule has 0 unspecified atom stereocenters. The molecule has 4 nitrogen and oxygen atoms in total. The van der Waals surface area contributed by atoms with Crippen molar-refractivity contribution in [1.82, 2.24) is 4.90 Å². The lowest BCUT2D eigenvalue weighted by atomic mass is 10.1. The van der Waals surface area contributed by atoms with Gasteiger partial charge in [-0.2, -0.15) is 0 Å². The molecule has 0 amide bonds. The fourth-order valence-corrected chi connectivity index (χ4v) is 2.03. The third-order valence-corrected chi connectivity index (χ3v) is 3.26. The predicted octanol–water partition coefficient (Wildman–Crippen LogP) is 2.51. The van der Waals surface area contributed by atoms with Crippen LogP contribution in [0.2, 0.25) is 5.02 Å². The molecule has 5 heteroatoms. The van der Waals surface area contributed by atoms with Gasteiger partial charge in [-0.05, 0) is 12.1 Å². The van der Waals surface area contributed by atoms with Crippen molar-refractivity contribution < 1.29 is 14.3 Å². The Morgan fingerprint density at radius 3 is 2.35 bits per heavy atom. The average molecular weight is 300 g/mol. The normalized spacial score (nSPS) is 11.0. The summed E-state index contributed by atoms with van der Waals surface area (Å²) in [5, 5.41) is 0.589. The van der Waals surface area contributed by atoms with Crippen molar-refractivity contribution in [3.8, 4) is 0 Å². The third kappa shape index (κ3) is 6.48. The van der Waals surface area contributed by atoms with E-state index in [1.165, 1.54) is 0 Å². The first-order valence-corrected chi connectivity index (χ1v) is 7.04. The Morgan fingerprint density at radius 1 is 1.15 bits per heavy atom. The van der Waals surface area contributed by atoms with Crippen molar-refractivity contribution in [3.63, 3.8) is 0 Å². The number of ketones is 1. The lowest BCUT2D eigenvalue weighted by Gasteiger charge is -2.21. The van der Waals surface area contributed by atoms with Crippen LogP contribution in [0.15, 0.2) is 24.3 Å². The van der Waals surface area contributed by atoms with Crippen molar-refractivity contribution >= 4 is 17.4 Å². The number of carbonyl (C=O) groups is 1. The van der Waals surface area contributed by atoms with Gasteiger partial charge in [0, 0.05) is 50.9 Å². The monoisotopic (exact) mass is 299 g/mol. The molecule has 0 aliphatic heterocycles. The molecule has 0 fully saturated rings. The van der Waals surface area contributed by atoms with Gasteiger partial charge in [-0.15, -0.1) is 0 Å². The minimum absolute atomic E-state index is 0.104. The van der Waals surface area contributed by atoms with E-state index in [1.807, 2.05) is 0 Å². The van der Waals surface area contributed by atoms with Crippen molar-refractivity contribution in [2.75, 3.05) is 47.1 Å². The number of hydrogen-bond acceptors (Lipinski definition) is 4. The maximum atomic E-state index is 12.1. The maximum Gasteiger partial charge on any atom is 0.164 e. The zero-order valence-corrected chi connectivity index (χ0v) is 12.9. The van der Waals surface area contributed by atoms with Gasteiger partial charge in [0.05, 0.1) is 13.2 Å². The summed E-state index contributed by atoms with van der Waals surface area (Å²) in [5.74, 6) is 0.104. The first kappa shape index (κ1) is 17.1. The number of hydrogen-bond donors (Lipinski definition) is 0. The minimum atomic E-state index is 0.104. The molecule has 1 aromatic carbocycles. The van der Waals surface area contributed by atoms with Crippen LogP contribution >= 0.6 is 11.6 Å². The summed E-state index contributed by atoms with van der Waals surface area (Å²) in [7, 11) is 3.34. The molecule has 0 saturated heterocycles. The SMILES string of the molecule is COCCN(CCOC)CCC(=O)c1cccc(Cl)c1. The fourth-order valence-electron chi connectivity index (χ4n) is 1.84. The maximum absolute atomic E-state index is 12.1. The van der Waals surface area contributed by atoms with Gasteiger partial charge in [-0.1, -0.05) is 23.7 Å². The number of ether oxygens (including phenoxy) is 2. The van der Waals surface area contributed by atoms with Crippen molar-refractivity contribution in [1.29, 1.82) is 0 Å². The van der Waals surface area contributed by atoms with E-state index in [0.29, 0.717) is 36.8 Å². The quantitative estimate of drug-likeness (QED) is 0.622. The van der Waals surface area contributed by atoms with E-state index in [0.717, 1.165) is 13.1 Å². The van der Waals surface area contributed by atoms with Gasteiger partial charge >= 0.3 is 0 Å². The zero-order chi connectivity index (χ0) is 14.8. The van der Waals surface area contributed by atoms with Crippen LogP contribution in [0.25, 0.3) is 0 Å². The number of nitrogens with zero attached hydrogens (tertiary/aromatic N) is 1. The number of halogens is 1. The van der Waals surface area contributed by atoms with Gasteiger partial charge in [-0.25, -0.2) is 0 Å². The van der Waals surface area contributed by atoms with Gasteiger partial charge in [-0.3, -0.25) is 9.69 Å². The second-order valence-corrected chi connectivity index (χ2v) is 4.95. The van der Waals surface area contributed by atoms with Crippen LogP contribution in [-0.2, 0) is 9.47 Å². The fraction of sp³-hybridized carbons (Fsp3) is 0.533. The Labute approximate surface area is 125 Å². The minimum Gasteiger partial charge on any atom is -0.383 e. The van der Waals surface area contributed by atoms with E-state index >= 15 is 0 Å². The van der Waals surface area contributed by atoms with E-state index in [-0.39, 0.29) is 5.78 Å². The highest BCUT2D eigenvalue weighted by atomic mass is 35.5.